The van der Waals surface area contributed by atoms with Crippen LogP contribution in [-0.4, -0.2) is 25.2 Å². The lowest BCUT2D eigenvalue weighted by Crippen LogP contribution is -2.55. The number of benzene rings is 1. The summed E-state index contributed by atoms with van der Waals surface area (Å²) in [4.78, 5) is 11.8. The summed E-state index contributed by atoms with van der Waals surface area (Å²) in [5.74, 6) is -0.132. The summed E-state index contributed by atoms with van der Waals surface area (Å²) >= 11 is 5.84. The van der Waals surface area contributed by atoms with Crippen molar-refractivity contribution >= 4 is 23.2 Å². The van der Waals surface area contributed by atoms with E-state index in [1.807, 2.05) is 12.1 Å². The zero-order valence-corrected chi connectivity index (χ0v) is 11.0. The topological polar surface area (TPSA) is 64.3 Å². The molecular formula is C13H17ClN2O2. The van der Waals surface area contributed by atoms with Gasteiger partial charge in [-0.1, -0.05) is 11.6 Å². The maximum atomic E-state index is 11.8. The van der Waals surface area contributed by atoms with Crippen LogP contribution in [0.5, 0.6) is 0 Å². The van der Waals surface area contributed by atoms with Gasteiger partial charge in [0.1, 0.15) is 5.54 Å². The minimum Gasteiger partial charge on any atom is -0.382 e. The zero-order valence-electron chi connectivity index (χ0n) is 10.3. The fraction of sp³-hybridized carbons (Fsp3) is 0.462. The Bertz CT molecular complexity index is 431. The maximum Gasteiger partial charge on any atom is 0.245 e. The minimum atomic E-state index is -0.817. The first-order valence-corrected chi connectivity index (χ1v) is 6.29. The Morgan fingerprint density at radius 2 is 2.11 bits per heavy atom. The molecule has 1 unspecified atom stereocenters. The SMILES string of the molecule is COCC(Nc1ccc(Cl)cc1)(C(N)=O)C1CC1. The van der Waals surface area contributed by atoms with Gasteiger partial charge < -0.3 is 15.8 Å². The van der Waals surface area contributed by atoms with Crippen molar-refractivity contribution in [2.75, 3.05) is 19.0 Å². The smallest absolute Gasteiger partial charge is 0.245 e. The number of ether oxygens (including phenoxy) is 1. The summed E-state index contributed by atoms with van der Waals surface area (Å²) in [5.41, 5.74) is 5.57. The van der Waals surface area contributed by atoms with Gasteiger partial charge in [-0.25, -0.2) is 0 Å². The molecule has 1 amide bonds. The first-order valence-electron chi connectivity index (χ1n) is 5.91. The number of carbonyl (C=O) groups excluding carboxylic acids is 1. The zero-order chi connectivity index (χ0) is 13.2. The molecule has 98 valence electrons. The van der Waals surface area contributed by atoms with Crippen molar-refractivity contribution in [3.63, 3.8) is 0 Å². The largest absolute Gasteiger partial charge is 0.382 e. The molecule has 0 spiro atoms. The lowest BCUT2D eigenvalue weighted by Gasteiger charge is -2.32. The van der Waals surface area contributed by atoms with Crippen LogP contribution in [0.1, 0.15) is 12.8 Å². The molecule has 0 saturated heterocycles. The summed E-state index contributed by atoms with van der Waals surface area (Å²) < 4.78 is 5.18. The van der Waals surface area contributed by atoms with Crippen LogP contribution in [0.2, 0.25) is 5.02 Å². The number of hydrogen-bond acceptors (Lipinski definition) is 3. The molecule has 1 saturated carbocycles. The van der Waals surface area contributed by atoms with Crippen molar-refractivity contribution in [3.05, 3.63) is 29.3 Å². The fourth-order valence-corrected chi connectivity index (χ4v) is 2.31. The van der Waals surface area contributed by atoms with Gasteiger partial charge in [-0.2, -0.15) is 0 Å². The lowest BCUT2D eigenvalue weighted by atomic mass is 9.92. The molecule has 4 nitrogen and oxygen atoms in total. The molecule has 1 aromatic carbocycles. The molecule has 5 heteroatoms. The molecule has 1 aromatic rings. The quantitative estimate of drug-likeness (QED) is 0.830. The van der Waals surface area contributed by atoms with Crippen LogP contribution in [0.15, 0.2) is 24.3 Å². The van der Waals surface area contributed by atoms with Crippen LogP contribution in [0.4, 0.5) is 5.69 Å². The summed E-state index contributed by atoms with van der Waals surface area (Å²) in [7, 11) is 1.57. The van der Waals surface area contributed by atoms with E-state index >= 15 is 0 Å². The summed E-state index contributed by atoms with van der Waals surface area (Å²) in [5, 5.41) is 3.88. The highest BCUT2D eigenvalue weighted by molar-refractivity contribution is 6.30. The van der Waals surface area contributed by atoms with E-state index in [0.29, 0.717) is 5.02 Å². The van der Waals surface area contributed by atoms with Crippen molar-refractivity contribution < 1.29 is 9.53 Å². The van der Waals surface area contributed by atoms with Crippen LogP contribution in [0.3, 0.4) is 0 Å². The molecule has 1 atom stereocenters. The molecule has 0 aliphatic heterocycles. The molecule has 0 bridgehead atoms. The number of carbonyl (C=O) groups is 1. The second-order valence-electron chi connectivity index (χ2n) is 4.67. The lowest BCUT2D eigenvalue weighted by molar-refractivity contribution is -0.124. The monoisotopic (exact) mass is 268 g/mol. The second kappa shape index (κ2) is 5.16. The molecule has 0 heterocycles. The number of halogens is 1. The van der Waals surface area contributed by atoms with Gasteiger partial charge in [-0.05, 0) is 43.0 Å². The van der Waals surface area contributed by atoms with Gasteiger partial charge in [-0.15, -0.1) is 0 Å². The van der Waals surface area contributed by atoms with E-state index in [2.05, 4.69) is 5.32 Å². The number of nitrogens with two attached hydrogens (primary N) is 1. The fourth-order valence-electron chi connectivity index (χ4n) is 2.18. The van der Waals surface area contributed by atoms with E-state index in [4.69, 9.17) is 22.1 Å². The van der Waals surface area contributed by atoms with E-state index < -0.39 is 5.54 Å². The highest BCUT2D eigenvalue weighted by atomic mass is 35.5. The van der Waals surface area contributed by atoms with Crippen LogP contribution < -0.4 is 11.1 Å². The van der Waals surface area contributed by atoms with Crippen molar-refractivity contribution in [1.29, 1.82) is 0 Å². The Kier molecular flexibility index (Phi) is 3.78. The van der Waals surface area contributed by atoms with E-state index in [1.54, 1.807) is 19.2 Å². The van der Waals surface area contributed by atoms with Crippen LogP contribution >= 0.6 is 11.6 Å². The predicted octanol–water partition coefficient (Wildman–Crippen LogP) is 2.03. The van der Waals surface area contributed by atoms with E-state index in [1.165, 1.54) is 0 Å². The molecule has 18 heavy (non-hydrogen) atoms. The summed E-state index contributed by atoms with van der Waals surface area (Å²) in [6, 6.07) is 7.21. The molecule has 0 radical (unpaired) electrons. The average molecular weight is 269 g/mol. The minimum absolute atomic E-state index is 0.241. The van der Waals surface area contributed by atoms with Crippen molar-refractivity contribution in [2.24, 2.45) is 11.7 Å². The molecule has 3 N–H and O–H groups in total. The first-order chi connectivity index (χ1) is 8.58. The van der Waals surface area contributed by atoms with E-state index in [9.17, 15) is 4.79 Å². The highest BCUT2D eigenvalue weighted by Gasteiger charge is 2.50. The van der Waals surface area contributed by atoms with Gasteiger partial charge in [0.05, 0.1) is 6.61 Å². The van der Waals surface area contributed by atoms with Gasteiger partial charge in [0.2, 0.25) is 5.91 Å². The highest BCUT2D eigenvalue weighted by Crippen LogP contribution is 2.41. The van der Waals surface area contributed by atoms with Crippen molar-refractivity contribution in [1.82, 2.24) is 0 Å². The second-order valence-corrected chi connectivity index (χ2v) is 5.11. The third-order valence-corrected chi connectivity index (χ3v) is 3.55. The third-order valence-electron chi connectivity index (χ3n) is 3.30. The molecule has 1 aliphatic rings. The summed E-state index contributed by atoms with van der Waals surface area (Å²) in [6.45, 7) is 0.273. The Labute approximate surface area is 111 Å². The summed E-state index contributed by atoms with van der Waals surface area (Å²) in [6.07, 6.45) is 1.99. The molecule has 0 aromatic heterocycles. The molecule has 1 fully saturated rings. The van der Waals surface area contributed by atoms with Crippen LogP contribution in [-0.2, 0) is 9.53 Å². The van der Waals surface area contributed by atoms with Gasteiger partial charge in [0.15, 0.2) is 0 Å². The Morgan fingerprint density at radius 1 is 1.50 bits per heavy atom. The number of nitrogens with one attached hydrogen (secondary N) is 1. The standard InChI is InChI=1S/C13H17ClN2O2/c1-18-8-13(12(15)17,9-2-3-9)16-11-6-4-10(14)5-7-11/h4-7,9,16H,2-3,8H2,1H3,(H2,15,17). The van der Waals surface area contributed by atoms with Crippen molar-refractivity contribution in [2.45, 2.75) is 18.4 Å². The Morgan fingerprint density at radius 3 is 2.56 bits per heavy atom. The number of methoxy groups -OCH3 is 1. The van der Waals surface area contributed by atoms with E-state index in [-0.39, 0.29) is 18.4 Å². The van der Waals surface area contributed by atoms with Gasteiger partial charge in [-0.3, -0.25) is 4.79 Å². The number of anilines is 1. The molecule has 1 aliphatic carbocycles. The Hall–Kier alpha value is -1.26. The number of amides is 1. The third kappa shape index (κ3) is 2.60. The number of hydrogen-bond donors (Lipinski definition) is 2. The van der Waals surface area contributed by atoms with Crippen molar-refractivity contribution in [3.8, 4) is 0 Å². The predicted molar refractivity (Wildman–Crippen MR) is 71.6 cm³/mol. The number of primary amides is 1. The average Bonchev–Trinajstić information content (AvgIpc) is 3.15. The van der Waals surface area contributed by atoms with Gasteiger partial charge >= 0.3 is 0 Å². The molecule has 2 rings (SSSR count). The van der Waals surface area contributed by atoms with E-state index in [0.717, 1.165) is 18.5 Å². The maximum absolute atomic E-state index is 11.8. The van der Waals surface area contributed by atoms with Crippen LogP contribution in [0.25, 0.3) is 0 Å². The van der Waals surface area contributed by atoms with Gasteiger partial charge in [0, 0.05) is 17.8 Å². The van der Waals surface area contributed by atoms with Gasteiger partial charge in [0.25, 0.3) is 0 Å². The normalized spacial score (nSPS) is 18.1. The van der Waals surface area contributed by atoms with Crippen LogP contribution in [0, 0.1) is 5.92 Å². The Balaban J connectivity index is 2.23. The first kappa shape index (κ1) is 13.2. The number of rotatable bonds is 6. The molecular weight excluding hydrogens is 252 g/mol.